The van der Waals surface area contributed by atoms with Crippen LogP contribution in [-0.2, 0) is 9.59 Å². The SMILES string of the molecule is CCCN(CC(F)(F)F)C(=O)NC(=O)CCCCC(=O)O. The first-order chi connectivity index (χ1) is 9.65. The predicted octanol–water partition coefficient (Wildman–Crippen LogP) is 2.14. The number of carboxylic acid groups (broad SMARTS) is 1. The van der Waals surface area contributed by atoms with Gasteiger partial charge in [0.15, 0.2) is 0 Å². The third-order valence-electron chi connectivity index (χ3n) is 2.44. The summed E-state index contributed by atoms with van der Waals surface area (Å²) in [5.41, 5.74) is 0. The number of hydrogen-bond acceptors (Lipinski definition) is 3. The number of amides is 3. The second-order valence-corrected chi connectivity index (χ2v) is 4.49. The number of urea groups is 1. The summed E-state index contributed by atoms with van der Waals surface area (Å²) in [5, 5.41) is 10.3. The number of hydrogen-bond donors (Lipinski definition) is 2. The number of rotatable bonds is 8. The summed E-state index contributed by atoms with van der Waals surface area (Å²) in [6.07, 6.45) is -3.90. The summed E-state index contributed by atoms with van der Waals surface area (Å²) in [4.78, 5) is 33.7. The van der Waals surface area contributed by atoms with Gasteiger partial charge >= 0.3 is 18.2 Å². The molecule has 122 valence electrons. The molecule has 0 aromatic heterocycles. The lowest BCUT2D eigenvalue weighted by Gasteiger charge is -2.23. The number of nitrogens with one attached hydrogen (secondary N) is 1. The van der Waals surface area contributed by atoms with E-state index in [9.17, 15) is 27.6 Å². The van der Waals surface area contributed by atoms with Crippen LogP contribution in [0.5, 0.6) is 0 Å². The van der Waals surface area contributed by atoms with Crippen LogP contribution in [0.2, 0.25) is 0 Å². The molecule has 0 aliphatic carbocycles. The van der Waals surface area contributed by atoms with Crippen LogP contribution in [0.15, 0.2) is 0 Å². The highest BCUT2D eigenvalue weighted by atomic mass is 19.4. The maximum Gasteiger partial charge on any atom is 0.406 e. The Hall–Kier alpha value is -1.80. The zero-order valence-electron chi connectivity index (χ0n) is 11.7. The van der Waals surface area contributed by atoms with E-state index >= 15 is 0 Å². The van der Waals surface area contributed by atoms with Gasteiger partial charge in [-0.1, -0.05) is 6.92 Å². The number of alkyl halides is 3. The summed E-state index contributed by atoms with van der Waals surface area (Å²) in [6.45, 7) is 0.0843. The number of carboxylic acids is 1. The van der Waals surface area contributed by atoms with E-state index in [1.165, 1.54) is 0 Å². The van der Waals surface area contributed by atoms with Crippen LogP contribution in [0.4, 0.5) is 18.0 Å². The molecule has 0 rings (SSSR count). The Bertz CT molecular complexity index is 372. The van der Waals surface area contributed by atoms with Crippen molar-refractivity contribution in [1.82, 2.24) is 10.2 Å². The Kier molecular flexibility index (Phi) is 8.41. The van der Waals surface area contributed by atoms with E-state index in [1.807, 2.05) is 5.32 Å². The highest BCUT2D eigenvalue weighted by Gasteiger charge is 2.33. The zero-order valence-corrected chi connectivity index (χ0v) is 11.7. The molecule has 0 bridgehead atoms. The molecule has 2 N–H and O–H groups in total. The minimum atomic E-state index is -4.53. The van der Waals surface area contributed by atoms with Crippen LogP contribution in [0.3, 0.4) is 0 Å². The normalized spacial score (nSPS) is 11.0. The first-order valence-corrected chi connectivity index (χ1v) is 6.53. The predicted molar refractivity (Wildman–Crippen MR) is 67.6 cm³/mol. The summed E-state index contributed by atoms with van der Waals surface area (Å²) in [7, 11) is 0. The third kappa shape index (κ3) is 10.6. The van der Waals surface area contributed by atoms with Gasteiger partial charge in [-0.3, -0.25) is 14.9 Å². The van der Waals surface area contributed by atoms with E-state index in [4.69, 9.17) is 5.11 Å². The van der Waals surface area contributed by atoms with Gasteiger partial charge in [0.05, 0.1) is 0 Å². The summed E-state index contributed by atoms with van der Waals surface area (Å²) in [6, 6.07) is -1.09. The minimum Gasteiger partial charge on any atom is -0.481 e. The number of carbonyl (C=O) groups excluding carboxylic acids is 2. The standard InChI is InChI=1S/C12H19F3N2O4/c1-2-7-17(8-12(13,14)15)11(21)16-9(18)5-3-4-6-10(19)20/h2-8H2,1H3,(H,19,20)(H,16,18,21). The molecule has 0 saturated carbocycles. The molecule has 0 radical (unpaired) electrons. The van der Waals surface area contributed by atoms with E-state index in [-0.39, 0.29) is 32.2 Å². The number of unbranched alkanes of at least 4 members (excludes halogenated alkanes) is 1. The van der Waals surface area contributed by atoms with E-state index in [0.29, 0.717) is 11.3 Å². The lowest BCUT2D eigenvalue weighted by molar-refractivity contribution is -0.140. The average molecular weight is 312 g/mol. The molecular formula is C12H19F3N2O4. The Morgan fingerprint density at radius 2 is 1.71 bits per heavy atom. The van der Waals surface area contributed by atoms with Crippen LogP contribution >= 0.6 is 0 Å². The molecule has 0 spiro atoms. The molecule has 0 aliphatic rings. The van der Waals surface area contributed by atoms with Crippen molar-refractivity contribution >= 4 is 17.9 Å². The van der Waals surface area contributed by atoms with Gasteiger partial charge in [0.25, 0.3) is 0 Å². The smallest absolute Gasteiger partial charge is 0.406 e. The van der Waals surface area contributed by atoms with Crippen LogP contribution in [0.25, 0.3) is 0 Å². The number of carbonyl (C=O) groups is 3. The van der Waals surface area contributed by atoms with Crippen LogP contribution in [0.1, 0.15) is 39.0 Å². The quantitative estimate of drug-likeness (QED) is 0.672. The van der Waals surface area contributed by atoms with Crippen molar-refractivity contribution in [2.75, 3.05) is 13.1 Å². The molecular weight excluding hydrogens is 293 g/mol. The van der Waals surface area contributed by atoms with Crippen LogP contribution in [0, 0.1) is 0 Å². The molecule has 21 heavy (non-hydrogen) atoms. The van der Waals surface area contributed by atoms with Gasteiger partial charge in [0.2, 0.25) is 5.91 Å². The number of nitrogens with zero attached hydrogens (tertiary/aromatic N) is 1. The van der Waals surface area contributed by atoms with Gasteiger partial charge < -0.3 is 10.0 Å². The van der Waals surface area contributed by atoms with Gasteiger partial charge in [0, 0.05) is 19.4 Å². The zero-order chi connectivity index (χ0) is 16.5. The lowest BCUT2D eigenvalue weighted by atomic mass is 10.2. The maximum atomic E-state index is 12.3. The first kappa shape index (κ1) is 19.2. The molecule has 0 unspecified atom stereocenters. The van der Waals surface area contributed by atoms with Crippen LogP contribution < -0.4 is 5.32 Å². The summed E-state index contributed by atoms with van der Waals surface area (Å²) < 4.78 is 36.9. The monoisotopic (exact) mass is 312 g/mol. The Labute approximate surface area is 120 Å². The van der Waals surface area contributed by atoms with E-state index in [2.05, 4.69) is 0 Å². The molecule has 0 saturated heterocycles. The lowest BCUT2D eigenvalue weighted by Crippen LogP contribution is -2.47. The molecule has 3 amide bonds. The summed E-state index contributed by atoms with van der Waals surface area (Å²) >= 11 is 0. The Morgan fingerprint density at radius 1 is 1.14 bits per heavy atom. The van der Waals surface area contributed by atoms with Crippen molar-refractivity contribution in [2.45, 2.75) is 45.2 Å². The number of halogens is 3. The summed E-state index contributed by atoms with van der Waals surface area (Å²) in [5.74, 6) is -1.71. The second kappa shape index (κ2) is 9.19. The topological polar surface area (TPSA) is 86.7 Å². The van der Waals surface area contributed by atoms with Crippen molar-refractivity contribution < 1.29 is 32.7 Å². The Balaban J connectivity index is 4.22. The van der Waals surface area contributed by atoms with Crippen molar-refractivity contribution in [3.05, 3.63) is 0 Å². The van der Waals surface area contributed by atoms with E-state index in [1.54, 1.807) is 6.92 Å². The number of aliphatic carboxylic acids is 1. The van der Waals surface area contributed by atoms with Gasteiger partial charge in [-0.15, -0.1) is 0 Å². The van der Waals surface area contributed by atoms with Crippen molar-refractivity contribution in [3.63, 3.8) is 0 Å². The second-order valence-electron chi connectivity index (χ2n) is 4.49. The highest BCUT2D eigenvalue weighted by molar-refractivity contribution is 5.94. The first-order valence-electron chi connectivity index (χ1n) is 6.53. The van der Waals surface area contributed by atoms with Gasteiger partial charge in [-0.05, 0) is 19.3 Å². The van der Waals surface area contributed by atoms with Crippen LogP contribution in [-0.4, -0.2) is 47.2 Å². The molecule has 0 aliphatic heterocycles. The van der Waals surface area contributed by atoms with Gasteiger partial charge in [-0.2, -0.15) is 13.2 Å². The van der Waals surface area contributed by atoms with Gasteiger partial charge in [-0.25, -0.2) is 4.79 Å². The van der Waals surface area contributed by atoms with E-state index in [0.717, 1.165) is 0 Å². The third-order valence-corrected chi connectivity index (χ3v) is 2.44. The maximum absolute atomic E-state index is 12.3. The number of imide groups is 1. The highest BCUT2D eigenvalue weighted by Crippen LogP contribution is 2.16. The molecule has 0 aromatic carbocycles. The van der Waals surface area contributed by atoms with E-state index < -0.39 is 30.6 Å². The van der Waals surface area contributed by atoms with Crippen molar-refractivity contribution in [3.8, 4) is 0 Å². The largest absolute Gasteiger partial charge is 0.481 e. The molecule has 0 atom stereocenters. The van der Waals surface area contributed by atoms with Crippen molar-refractivity contribution in [2.24, 2.45) is 0 Å². The fourth-order valence-corrected chi connectivity index (χ4v) is 1.56. The molecule has 9 heteroatoms. The molecule has 0 heterocycles. The average Bonchev–Trinajstić information content (AvgIpc) is 2.32. The molecule has 6 nitrogen and oxygen atoms in total. The molecule has 0 aromatic rings. The Morgan fingerprint density at radius 3 is 2.19 bits per heavy atom. The van der Waals surface area contributed by atoms with Crippen molar-refractivity contribution in [1.29, 1.82) is 0 Å². The fraction of sp³-hybridized carbons (Fsp3) is 0.750. The minimum absolute atomic E-state index is 0.0999. The fourth-order valence-electron chi connectivity index (χ4n) is 1.56. The molecule has 0 fully saturated rings. The van der Waals surface area contributed by atoms with Gasteiger partial charge in [0.1, 0.15) is 6.54 Å².